The van der Waals surface area contributed by atoms with Crippen LogP contribution in [0.4, 0.5) is 0 Å². The molecule has 1 nitrogen and oxygen atoms in total. The third-order valence-corrected chi connectivity index (χ3v) is 9.55. The number of carbonyl (C=O) groups excluding carboxylic acids is 1. The Bertz CT molecular complexity index is 736. The van der Waals surface area contributed by atoms with Gasteiger partial charge in [0.1, 0.15) is 6.29 Å². The molecule has 1 aromatic rings. The molecule has 3 unspecified atom stereocenters. The number of benzene rings is 1. The maximum Gasteiger partial charge on any atom is 0.127 e. The predicted molar refractivity (Wildman–Crippen MR) is 115 cm³/mol. The van der Waals surface area contributed by atoms with Crippen molar-refractivity contribution in [2.45, 2.75) is 76.4 Å². The van der Waals surface area contributed by atoms with Crippen molar-refractivity contribution in [1.29, 1.82) is 0 Å². The van der Waals surface area contributed by atoms with Crippen LogP contribution in [0.15, 0.2) is 46.9 Å². The lowest BCUT2D eigenvalue weighted by Crippen LogP contribution is -2.50. The highest BCUT2D eigenvalue weighted by molar-refractivity contribution is 8.00. The lowest BCUT2D eigenvalue weighted by Gasteiger charge is -2.59. The minimum Gasteiger partial charge on any atom is -0.303 e. The summed E-state index contributed by atoms with van der Waals surface area (Å²) in [5, 5.41) is 0.240. The van der Waals surface area contributed by atoms with Gasteiger partial charge in [0, 0.05) is 15.6 Å². The van der Waals surface area contributed by atoms with Gasteiger partial charge >= 0.3 is 0 Å². The zero-order valence-corrected chi connectivity index (χ0v) is 18.1. The normalized spacial score (nSPS) is 40.4. The fraction of sp³-hybridized carbons (Fsp3) is 0.640. The average Bonchev–Trinajstić information content (AvgIpc) is 2.63. The van der Waals surface area contributed by atoms with Gasteiger partial charge in [0.25, 0.3) is 0 Å². The molecular weight excluding hydrogens is 348 g/mol. The van der Waals surface area contributed by atoms with Crippen molar-refractivity contribution in [3.63, 3.8) is 0 Å². The third kappa shape index (κ3) is 3.22. The van der Waals surface area contributed by atoms with Gasteiger partial charge in [-0.05, 0) is 66.9 Å². The fourth-order valence-corrected chi connectivity index (χ4v) is 7.88. The van der Waals surface area contributed by atoms with Crippen LogP contribution in [0.25, 0.3) is 0 Å². The van der Waals surface area contributed by atoms with E-state index in [1.165, 1.54) is 43.3 Å². The van der Waals surface area contributed by atoms with Crippen LogP contribution in [0.1, 0.15) is 66.2 Å². The summed E-state index contributed by atoms with van der Waals surface area (Å²) in [6.45, 7) is 9.71. The summed E-state index contributed by atoms with van der Waals surface area (Å²) in [5.41, 5.74) is 2.19. The minimum atomic E-state index is -0.262. The van der Waals surface area contributed by atoms with E-state index in [2.05, 4.69) is 64.1 Å². The van der Waals surface area contributed by atoms with E-state index < -0.39 is 0 Å². The van der Waals surface area contributed by atoms with Gasteiger partial charge in [-0.1, -0.05) is 64.0 Å². The van der Waals surface area contributed by atoms with E-state index in [0.29, 0.717) is 16.7 Å². The second-order valence-electron chi connectivity index (χ2n) is 10.4. The maximum absolute atomic E-state index is 12.2. The van der Waals surface area contributed by atoms with Gasteiger partial charge in [-0.3, -0.25) is 0 Å². The molecule has 4 rings (SSSR count). The van der Waals surface area contributed by atoms with E-state index >= 15 is 0 Å². The summed E-state index contributed by atoms with van der Waals surface area (Å²) in [6.07, 6.45) is 11.4. The quantitative estimate of drug-likeness (QED) is 0.416. The van der Waals surface area contributed by atoms with Crippen LogP contribution >= 0.6 is 11.8 Å². The smallest absolute Gasteiger partial charge is 0.127 e. The van der Waals surface area contributed by atoms with E-state index in [0.717, 1.165) is 12.3 Å². The molecule has 0 amide bonds. The first-order chi connectivity index (χ1) is 12.8. The first-order valence-corrected chi connectivity index (χ1v) is 11.6. The van der Waals surface area contributed by atoms with E-state index in [1.807, 2.05) is 11.8 Å². The van der Waals surface area contributed by atoms with Gasteiger partial charge < -0.3 is 4.79 Å². The highest BCUT2D eigenvalue weighted by Gasteiger charge is 2.55. The van der Waals surface area contributed by atoms with Crippen molar-refractivity contribution in [1.82, 2.24) is 0 Å². The SMILES string of the molecule is CC1(C=O)CC2CC[C@@H]3C(C)(C)CCC[C@@]3(C)C2=CC1Sc1ccccc1. The van der Waals surface area contributed by atoms with E-state index in [4.69, 9.17) is 0 Å². The summed E-state index contributed by atoms with van der Waals surface area (Å²) in [6, 6.07) is 10.6. The van der Waals surface area contributed by atoms with E-state index in [1.54, 1.807) is 5.57 Å². The highest BCUT2D eigenvalue weighted by Crippen LogP contribution is 2.64. The van der Waals surface area contributed by atoms with Crippen molar-refractivity contribution in [2.24, 2.45) is 28.1 Å². The van der Waals surface area contributed by atoms with Crippen LogP contribution < -0.4 is 0 Å². The Morgan fingerprint density at radius 2 is 1.78 bits per heavy atom. The maximum atomic E-state index is 12.2. The number of aldehydes is 1. The van der Waals surface area contributed by atoms with Crippen LogP contribution in [0.5, 0.6) is 0 Å². The summed E-state index contributed by atoms with van der Waals surface area (Å²) in [4.78, 5) is 13.5. The number of fused-ring (bicyclic) bond motifs is 3. The molecule has 0 radical (unpaired) electrons. The summed E-state index contributed by atoms with van der Waals surface area (Å²) in [5.74, 6) is 1.38. The van der Waals surface area contributed by atoms with Crippen LogP contribution in [0.3, 0.4) is 0 Å². The molecule has 27 heavy (non-hydrogen) atoms. The monoisotopic (exact) mass is 382 g/mol. The largest absolute Gasteiger partial charge is 0.303 e. The molecule has 0 spiro atoms. The molecule has 1 aromatic carbocycles. The molecule has 146 valence electrons. The molecule has 2 heteroatoms. The van der Waals surface area contributed by atoms with Gasteiger partial charge in [0.2, 0.25) is 0 Å². The van der Waals surface area contributed by atoms with Crippen molar-refractivity contribution in [3.8, 4) is 0 Å². The zero-order valence-electron chi connectivity index (χ0n) is 17.3. The number of rotatable bonds is 3. The Morgan fingerprint density at radius 1 is 1.04 bits per heavy atom. The number of carbonyl (C=O) groups is 1. The molecule has 0 bridgehead atoms. The average molecular weight is 383 g/mol. The van der Waals surface area contributed by atoms with Gasteiger partial charge in [-0.2, -0.15) is 0 Å². The lowest BCUT2D eigenvalue weighted by molar-refractivity contribution is -0.116. The second kappa shape index (κ2) is 6.79. The first kappa shape index (κ1) is 19.3. The number of hydrogen-bond acceptors (Lipinski definition) is 2. The Balaban J connectivity index is 1.74. The third-order valence-electron chi connectivity index (χ3n) is 8.08. The Morgan fingerprint density at radius 3 is 2.48 bits per heavy atom. The van der Waals surface area contributed by atoms with Crippen molar-refractivity contribution in [3.05, 3.63) is 42.0 Å². The predicted octanol–water partition coefficient (Wildman–Crippen LogP) is 6.93. The molecule has 0 heterocycles. The molecule has 2 fully saturated rings. The molecular formula is C25H34OS. The first-order valence-electron chi connectivity index (χ1n) is 10.7. The van der Waals surface area contributed by atoms with Crippen LogP contribution in [0.2, 0.25) is 0 Å². The topological polar surface area (TPSA) is 17.1 Å². The Hall–Kier alpha value is -1.02. The molecule has 5 atom stereocenters. The fourth-order valence-electron chi connectivity index (χ4n) is 6.64. The van der Waals surface area contributed by atoms with Gasteiger partial charge in [-0.15, -0.1) is 11.8 Å². The minimum absolute atomic E-state index is 0.240. The number of allylic oxidation sites excluding steroid dienone is 1. The molecule has 0 aromatic heterocycles. The number of thioether (sulfide) groups is 1. The molecule has 0 N–H and O–H groups in total. The summed E-state index contributed by atoms with van der Waals surface area (Å²) >= 11 is 1.88. The second-order valence-corrected chi connectivity index (χ2v) is 11.6. The van der Waals surface area contributed by atoms with Gasteiger partial charge in [0.15, 0.2) is 0 Å². The van der Waals surface area contributed by atoms with Crippen LogP contribution in [-0.4, -0.2) is 11.5 Å². The van der Waals surface area contributed by atoms with Crippen LogP contribution in [0, 0.1) is 28.1 Å². The van der Waals surface area contributed by atoms with Crippen molar-refractivity contribution < 1.29 is 4.79 Å². The van der Waals surface area contributed by atoms with Gasteiger partial charge in [0.05, 0.1) is 0 Å². The highest BCUT2D eigenvalue weighted by atomic mass is 32.2. The summed E-state index contributed by atoms with van der Waals surface area (Å²) < 4.78 is 0. The van der Waals surface area contributed by atoms with E-state index in [9.17, 15) is 4.79 Å². The Kier molecular flexibility index (Phi) is 4.86. The summed E-state index contributed by atoms with van der Waals surface area (Å²) in [7, 11) is 0. The van der Waals surface area contributed by atoms with Gasteiger partial charge in [-0.25, -0.2) is 0 Å². The number of hydrogen-bond donors (Lipinski definition) is 0. The Labute approximate surface area is 169 Å². The van der Waals surface area contributed by atoms with Crippen LogP contribution in [-0.2, 0) is 4.79 Å². The van der Waals surface area contributed by atoms with Crippen molar-refractivity contribution in [2.75, 3.05) is 0 Å². The molecule has 0 aliphatic heterocycles. The molecule has 2 saturated carbocycles. The molecule has 3 aliphatic carbocycles. The van der Waals surface area contributed by atoms with Crippen molar-refractivity contribution >= 4 is 18.0 Å². The standard InChI is InChI=1S/C25H34OS/c1-23(2)13-8-14-25(4)20-15-22(27-19-9-6-5-7-10-19)24(3,17-26)16-18(20)11-12-21(23)25/h5-7,9-10,15,17-18,21-22H,8,11-14,16H2,1-4H3/t18?,21-,22?,24?,25+/m1/s1. The van der Waals surface area contributed by atoms with E-state index in [-0.39, 0.29) is 10.7 Å². The molecule has 0 saturated heterocycles. The molecule has 3 aliphatic rings. The lowest BCUT2D eigenvalue weighted by atomic mass is 9.46. The zero-order chi connectivity index (χ0) is 19.3.